The van der Waals surface area contributed by atoms with Gasteiger partial charge >= 0.3 is 0 Å². The van der Waals surface area contributed by atoms with Gasteiger partial charge in [0.1, 0.15) is 5.78 Å². The minimum absolute atomic E-state index is 0.186. The largest absolute Gasteiger partial charge is 0.385 e. The Kier molecular flexibility index (Phi) is 4.50. The first-order chi connectivity index (χ1) is 8.72. The number of nitrogens with two attached hydrogens (primary N) is 1. The lowest BCUT2D eigenvalue weighted by atomic mass is 9.74. The molecule has 1 aromatic carbocycles. The van der Waals surface area contributed by atoms with Crippen molar-refractivity contribution in [2.24, 2.45) is 5.73 Å². The Bertz CT molecular complexity index is 417. The molecule has 2 rings (SSSR count). The van der Waals surface area contributed by atoms with Gasteiger partial charge in [0.25, 0.3) is 0 Å². The first-order valence-corrected chi connectivity index (χ1v) is 6.57. The van der Waals surface area contributed by atoms with Gasteiger partial charge in [-0.05, 0) is 36.3 Å². The van der Waals surface area contributed by atoms with Crippen molar-refractivity contribution in [2.75, 3.05) is 13.7 Å². The van der Waals surface area contributed by atoms with E-state index in [9.17, 15) is 4.79 Å². The fourth-order valence-electron chi connectivity index (χ4n) is 2.55. The summed E-state index contributed by atoms with van der Waals surface area (Å²) >= 11 is 0. The summed E-state index contributed by atoms with van der Waals surface area (Å²) in [7, 11) is 1.67. The lowest BCUT2D eigenvalue weighted by Gasteiger charge is -2.30. The second-order valence-corrected chi connectivity index (χ2v) is 5.01. The Morgan fingerprint density at radius 1 is 1.50 bits per heavy atom. The molecule has 2 unspecified atom stereocenters. The molecule has 98 valence electrons. The molecule has 0 spiro atoms. The van der Waals surface area contributed by atoms with Gasteiger partial charge in [-0.2, -0.15) is 0 Å². The first kappa shape index (κ1) is 13.2. The third-order valence-corrected chi connectivity index (χ3v) is 3.69. The van der Waals surface area contributed by atoms with Crippen molar-refractivity contribution in [2.45, 2.75) is 37.6 Å². The van der Waals surface area contributed by atoms with Crippen LogP contribution in [0.5, 0.6) is 0 Å². The van der Waals surface area contributed by atoms with Gasteiger partial charge in [0, 0.05) is 20.1 Å². The number of carbonyl (C=O) groups is 1. The van der Waals surface area contributed by atoms with Crippen molar-refractivity contribution >= 4 is 5.78 Å². The van der Waals surface area contributed by atoms with Gasteiger partial charge in [0.2, 0.25) is 0 Å². The van der Waals surface area contributed by atoms with Crippen molar-refractivity contribution in [3.05, 3.63) is 35.4 Å². The molecule has 0 amide bonds. The van der Waals surface area contributed by atoms with Gasteiger partial charge in [-0.3, -0.25) is 4.79 Å². The van der Waals surface area contributed by atoms with Crippen LogP contribution in [0.25, 0.3) is 0 Å². The van der Waals surface area contributed by atoms with Crippen molar-refractivity contribution in [3.63, 3.8) is 0 Å². The van der Waals surface area contributed by atoms with Gasteiger partial charge in [0.15, 0.2) is 0 Å². The van der Waals surface area contributed by atoms with E-state index in [0.29, 0.717) is 18.9 Å². The summed E-state index contributed by atoms with van der Waals surface area (Å²) in [6.07, 6.45) is 3.18. The second-order valence-electron chi connectivity index (χ2n) is 5.01. The predicted molar refractivity (Wildman–Crippen MR) is 71.6 cm³/mol. The number of ether oxygens (including phenoxy) is 1. The second kappa shape index (κ2) is 6.12. The maximum atomic E-state index is 12.0. The highest BCUT2D eigenvalue weighted by molar-refractivity contribution is 5.84. The topological polar surface area (TPSA) is 52.3 Å². The highest BCUT2D eigenvalue weighted by atomic mass is 16.5. The smallest absolute Gasteiger partial charge is 0.150 e. The third kappa shape index (κ3) is 2.98. The molecule has 2 N–H and O–H groups in total. The standard InChI is InChI=1S/C15H21NO2/c1-18-8-4-7-14(16)15(17)10-12-9-11-5-2-3-6-13(11)12/h2-3,5-6,12,14H,4,7-10,16H2,1H3. The molecule has 0 saturated heterocycles. The Hall–Kier alpha value is -1.19. The first-order valence-electron chi connectivity index (χ1n) is 6.57. The maximum absolute atomic E-state index is 12.0. The number of methoxy groups -OCH3 is 1. The zero-order valence-electron chi connectivity index (χ0n) is 10.9. The predicted octanol–water partition coefficient (Wildman–Crippen LogP) is 2.04. The molecule has 2 atom stereocenters. The van der Waals surface area contributed by atoms with E-state index in [1.807, 2.05) is 12.1 Å². The quantitative estimate of drug-likeness (QED) is 0.750. The fourth-order valence-corrected chi connectivity index (χ4v) is 2.55. The molecule has 3 heteroatoms. The van der Waals surface area contributed by atoms with Crippen LogP contribution in [0.1, 0.15) is 36.3 Å². The van der Waals surface area contributed by atoms with Crippen LogP contribution in [0.3, 0.4) is 0 Å². The number of fused-ring (bicyclic) bond motifs is 1. The summed E-state index contributed by atoms with van der Waals surface area (Å²) in [5, 5.41) is 0. The molecule has 18 heavy (non-hydrogen) atoms. The summed E-state index contributed by atoms with van der Waals surface area (Å²) in [6.45, 7) is 0.674. The van der Waals surface area contributed by atoms with E-state index in [-0.39, 0.29) is 11.8 Å². The van der Waals surface area contributed by atoms with Gasteiger partial charge < -0.3 is 10.5 Å². The molecule has 1 aliphatic carbocycles. The SMILES string of the molecule is COCCCC(N)C(=O)CC1Cc2ccccc21. The molecule has 1 aliphatic rings. The van der Waals surface area contributed by atoms with E-state index in [1.54, 1.807) is 7.11 Å². The number of hydrogen-bond donors (Lipinski definition) is 1. The molecule has 0 aromatic heterocycles. The number of rotatable bonds is 7. The number of Topliss-reactive ketones (excluding diaryl/α,β-unsaturated/α-hetero) is 1. The highest BCUT2D eigenvalue weighted by Gasteiger charge is 2.28. The van der Waals surface area contributed by atoms with Gasteiger partial charge in [-0.15, -0.1) is 0 Å². The Morgan fingerprint density at radius 3 is 3.00 bits per heavy atom. The molecule has 0 saturated carbocycles. The minimum atomic E-state index is -0.326. The lowest BCUT2D eigenvalue weighted by molar-refractivity contribution is -0.121. The van der Waals surface area contributed by atoms with Crippen LogP contribution in [0, 0.1) is 0 Å². The van der Waals surface area contributed by atoms with Crippen molar-refractivity contribution < 1.29 is 9.53 Å². The molecule has 0 radical (unpaired) electrons. The van der Waals surface area contributed by atoms with Crippen LogP contribution >= 0.6 is 0 Å². The van der Waals surface area contributed by atoms with Crippen LogP contribution in [-0.2, 0) is 16.0 Å². The van der Waals surface area contributed by atoms with Crippen LogP contribution in [-0.4, -0.2) is 25.5 Å². The van der Waals surface area contributed by atoms with Crippen LogP contribution < -0.4 is 5.73 Å². The highest BCUT2D eigenvalue weighted by Crippen LogP contribution is 2.37. The molecule has 3 nitrogen and oxygen atoms in total. The van der Waals surface area contributed by atoms with E-state index in [2.05, 4.69) is 12.1 Å². The fraction of sp³-hybridized carbons (Fsp3) is 0.533. The number of carbonyl (C=O) groups excluding carboxylic acids is 1. The van der Waals surface area contributed by atoms with Gasteiger partial charge in [-0.1, -0.05) is 24.3 Å². The van der Waals surface area contributed by atoms with E-state index in [4.69, 9.17) is 10.5 Å². The summed E-state index contributed by atoms with van der Waals surface area (Å²) in [6, 6.07) is 8.01. The summed E-state index contributed by atoms with van der Waals surface area (Å²) in [4.78, 5) is 12.0. The van der Waals surface area contributed by atoms with E-state index < -0.39 is 0 Å². The summed E-state index contributed by atoms with van der Waals surface area (Å²) in [5.41, 5.74) is 8.61. The Labute approximate surface area is 108 Å². The number of ketones is 1. The summed E-state index contributed by atoms with van der Waals surface area (Å²) < 4.78 is 4.97. The number of benzene rings is 1. The van der Waals surface area contributed by atoms with Gasteiger partial charge in [-0.25, -0.2) is 0 Å². The average Bonchev–Trinajstić information content (AvgIpc) is 2.36. The molecule has 0 aliphatic heterocycles. The Morgan fingerprint density at radius 2 is 2.28 bits per heavy atom. The summed E-state index contributed by atoms with van der Waals surface area (Å²) in [5.74, 6) is 0.577. The minimum Gasteiger partial charge on any atom is -0.385 e. The molecule has 0 heterocycles. The van der Waals surface area contributed by atoms with Crippen LogP contribution in [0.15, 0.2) is 24.3 Å². The Balaban J connectivity index is 1.79. The van der Waals surface area contributed by atoms with E-state index in [0.717, 1.165) is 19.3 Å². The molecule has 0 fully saturated rings. The maximum Gasteiger partial charge on any atom is 0.150 e. The molecule has 0 bridgehead atoms. The van der Waals surface area contributed by atoms with Gasteiger partial charge in [0.05, 0.1) is 6.04 Å². The van der Waals surface area contributed by atoms with Crippen molar-refractivity contribution in [3.8, 4) is 0 Å². The average molecular weight is 247 g/mol. The monoisotopic (exact) mass is 247 g/mol. The van der Waals surface area contributed by atoms with Crippen molar-refractivity contribution in [1.82, 2.24) is 0 Å². The zero-order chi connectivity index (χ0) is 13.0. The lowest BCUT2D eigenvalue weighted by Crippen LogP contribution is -2.33. The van der Waals surface area contributed by atoms with Crippen molar-refractivity contribution in [1.29, 1.82) is 0 Å². The molecular weight excluding hydrogens is 226 g/mol. The normalized spacial score (nSPS) is 18.9. The van der Waals surface area contributed by atoms with Crippen LogP contribution in [0.4, 0.5) is 0 Å². The molecule has 1 aromatic rings. The van der Waals surface area contributed by atoms with Crippen LogP contribution in [0.2, 0.25) is 0 Å². The third-order valence-electron chi connectivity index (χ3n) is 3.69. The van der Waals surface area contributed by atoms with E-state index in [1.165, 1.54) is 11.1 Å². The number of hydrogen-bond acceptors (Lipinski definition) is 3. The zero-order valence-corrected chi connectivity index (χ0v) is 10.9. The van der Waals surface area contributed by atoms with E-state index >= 15 is 0 Å². The molecular formula is C15H21NO2.